The SMILES string of the molecule is CCc1ccc(C(C)NC(=NC)NCCN2C(=O)CNC2=O)cc1.I. The number of nitrogens with one attached hydrogen (secondary N) is 3. The van der Waals surface area contributed by atoms with Gasteiger partial charge in [-0.1, -0.05) is 31.2 Å². The molecule has 25 heavy (non-hydrogen) atoms. The molecule has 1 atom stereocenters. The molecule has 2 rings (SSSR count). The number of hydrogen-bond acceptors (Lipinski definition) is 3. The highest BCUT2D eigenvalue weighted by molar-refractivity contribution is 14.0. The summed E-state index contributed by atoms with van der Waals surface area (Å²) in [6, 6.07) is 8.23. The number of halogens is 1. The van der Waals surface area contributed by atoms with Crippen LogP contribution in [0.4, 0.5) is 4.79 Å². The predicted molar refractivity (Wildman–Crippen MR) is 109 cm³/mol. The molecular weight excluding hydrogens is 433 g/mol. The zero-order valence-electron chi connectivity index (χ0n) is 14.8. The summed E-state index contributed by atoms with van der Waals surface area (Å²) in [7, 11) is 1.69. The van der Waals surface area contributed by atoms with E-state index >= 15 is 0 Å². The lowest BCUT2D eigenvalue weighted by atomic mass is 10.1. The van der Waals surface area contributed by atoms with Crippen molar-refractivity contribution in [2.24, 2.45) is 4.99 Å². The number of amides is 3. The summed E-state index contributed by atoms with van der Waals surface area (Å²) in [4.78, 5) is 28.4. The molecule has 1 fully saturated rings. The molecule has 8 heteroatoms. The number of carbonyl (C=O) groups excluding carboxylic acids is 2. The fourth-order valence-corrected chi connectivity index (χ4v) is 2.49. The second-order valence-electron chi connectivity index (χ2n) is 5.66. The average molecular weight is 459 g/mol. The number of benzene rings is 1. The molecule has 0 saturated carbocycles. The topological polar surface area (TPSA) is 85.8 Å². The maximum absolute atomic E-state index is 11.5. The van der Waals surface area contributed by atoms with Crippen molar-refractivity contribution in [1.82, 2.24) is 20.9 Å². The van der Waals surface area contributed by atoms with Gasteiger partial charge in [-0.05, 0) is 24.5 Å². The van der Waals surface area contributed by atoms with E-state index < -0.39 is 0 Å². The molecule has 0 aliphatic carbocycles. The lowest BCUT2D eigenvalue weighted by Gasteiger charge is -2.19. The monoisotopic (exact) mass is 459 g/mol. The van der Waals surface area contributed by atoms with Gasteiger partial charge in [0.25, 0.3) is 0 Å². The number of nitrogens with zero attached hydrogens (tertiary/aromatic N) is 2. The van der Waals surface area contributed by atoms with E-state index in [2.05, 4.69) is 59.1 Å². The molecule has 1 aliphatic rings. The Morgan fingerprint density at radius 3 is 2.52 bits per heavy atom. The van der Waals surface area contributed by atoms with E-state index in [1.165, 1.54) is 16.0 Å². The lowest BCUT2D eigenvalue weighted by molar-refractivity contribution is -0.124. The molecule has 1 aromatic rings. The van der Waals surface area contributed by atoms with Gasteiger partial charge >= 0.3 is 6.03 Å². The number of aliphatic imine (C=N–C) groups is 1. The van der Waals surface area contributed by atoms with E-state index in [-0.39, 0.29) is 48.5 Å². The third kappa shape index (κ3) is 5.87. The van der Waals surface area contributed by atoms with E-state index in [9.17, 15) is 9.59 Å². The molecule has 0 radical (unpaired) electrons. The predicted octanol–water partition coefficient (Wildman–Crippen LogP) is 1.64. The first-order chi connectivity index (χ1) is 11.5. The first kappa shape index (κ1) is 21.2. The quantitative estimate of drug-likeness (QED) is 0.262. The normalized spacial score (nSPS) is 15.5. The van der Waals surface area contributed by atoms with Gasteiger partial charge in [-0.2, -0.15) is 0 Å². The molecule has 138 valence electrons. The molecule has 1 heterocycles. The van der Waals surface area contributed by atoms with Gasteiger partial charge < -0.3 is 16.0 Å². The Kier molecular flexibility index (Phi) is 8.67. The van der Waals surface area contributed by atoms with E-state index in [1.807, 2.05) is 0 Å². The molecule has 0 spiro atoms. The summed E-state index contributed by atoms with van der Waals surface area (Å²) in [6.45, 7) is 5.03. The minimum atomic E-state index is -0.339. The van der Waals surface area contributed by atoms with Crippen molar-refractivity contribution < 1.29 is 9.59 Å². The lowest BCUT2D eigenvalue weighted by Crippen LogP contribution is -2.43. The van der Waals surface area contributed by atoms with E-state index in [1.54, 1.807) is 7.05 Å². The number of rotatable bonds is 6. The molecule has 7 nitrogen and oxygen atoms in total. The zero-order chi connectivity index (χ0) is 17.5. The van der Waals surface area contributed by atoms with Crippen molar-refractivity contribution in [2.75, 3.05) is 26.7 Å². The van der Waals surface area contributed by atoms with Crippen molar-refractivity contribution in [3.05, 3.63) is 35.4 Å². The maximum Gasteiger partial charge on any atom is 0.324 e. The third-order valence-corrected chi connectivity index (χ3v) is 4.03. The first-order valence-corrected chi connectivity index (χ1v) is 8.19. The standard InChI is InChI=1S/C17H25N5O2.HI/c1-4-13-5-7-14(8-6-13)12(2)21-16(18-3)19-9-10-22-15(23)11-20-17(22)24;/h5-8,12H,4,9-11H2,1-3H3,(H,20,24)(H2,18,19,21);1H. The van der Waals surface area contributed by atoms with Crippen LogP contribution < -0.4 is 16.0 Å². The Morgan fingerprint density at radius 2 is 2.00 bits per heavy atom. The van der Waals surface area contributed by atoms with Gasteiger partial charge in [0.15, 0.2) is 5.96 Å². The van der Waals surface area contributed by atoms with Gasteiger partial charge in [0.05, 0.1) is 12.6 Å². The van der Waals surface area contributed by atoms with Crippen LogP contribution in [0.15, 0.2) is 29.3 Å². The van der Waals surface area contributed by atoms with Crippen molar-refractivity contribution in [3.63, 3.8) is 0 Å². The van der Waals surface area contributed by atoms with Crippen LogP contribution in [0.2, 0.25) is 0 Å². The van der Waals surface area contributed by atoms with Gasteiger partial charge in [0, 0.05) is 20.1 Å². The number of imide groups is 1. The van der Waals surface area contributed by atoms with Crippen LogP contribution in [0.3, 0.4) is 0 Å². The smallest absolute Gasteiger partial charge is 0.324 e. The largest absolute Gasteiger partial charge is 0.355 e. The highest BCUT2D eigenvalue weighted by Crippen LogP contribution is 2.13. The van der Waals surface area contributed by atoms with Gasteiger partial charge in [-0.25, -0.2) is 4.79 Å². The zero-order valence-corrected chi connectivity index (χ0v) is 17.2. The van der Waals surface area contributed by atoms with Crippen LogP contribution in [-0.4, -0.2) is 49.5 Å². The van der Waals surface area contributed by atoms with Gasteiger partial charge in [-0.15, -0.1) is 24.0 Å². The summed E-state index contributed by atoms with van der Waals surface area (Å²) in [5.41, 5.74) is 2.48. The fourth-order valence-electron chi connectivity index (χ4n) is 2.49. The number of guanidine groups is 1. The summed E-state index contributed by atoms with van der Waals surface area (Å²) in [6.07, 6.45) is 1.02. The number of aryl methyl sites for hydroxylation is 1. The van der Waals surface area contributed by atoms with E-state index in [0.717, 1.165) is 6.42 Å². The van der Waals surface area contributed by atoms with Crippen LogP contribution in [-0.2, 0) is 11.2 Å². The van der Waals surface area contributed by atoms with E-state index in [0.29, 0.717) is 19.0 Å². The molecular formula is C17H26IN5O2. The van der Waals surface area contributed by atoms with Crippen LogP contribution in [0, 0.1) is 0 Å². The van der Waals surface area contributed by atoms with Gasteiger partial charge in [-0.3, -0.25) is 14.7 Å². The van der Waals surface area contributed by atoms with E-state index in [4.69, 9.17) is 0 Å². The van der Waals surface area contributed by atoms with Crippen molar-refractivity contribution in [2.45, 2.75) is 26.3 Å². The summed E-state index contributed by atoms with van der Waals surface area (Å²) >= 11 is 0. The summed E-state index contributed by atoms with van der Waals surface area (Å²) in [5.74, 6) is 0.434. The highest BCUT2D eigenvalue weighted by Gasteiger charge is 2.27. The third-order valence-electron chi connectivity index (χ3n) is 4.03. The molecule has 1 aliphatic heterocycles. The Balaban J connectivity index is 0.00000312. The average Bonchev–Trinajstić information content (AvgIpc) is 2.92. The molecule has 3 N–H and O–H groups in total. The first-order valence-electron chi connectivity index (χ1n) is 8.19. The molecule has 0 bridgehead atoms. The Bertz CT molecular complexity index is 602. The molecule has 3 amide bonds. The van der Waals surface area contributed by atoms with Crippen LogP contribution in [0.1, 0.15) is 31.0 Å². The van der Waals surface area contributed by atoms with Crippen LogP contribution >= 0.6 is 24.0 Å². The second kappa shape index (κ2) is 10.2. The van der Waals surface area contributed by atoms with Crippen LogP contribution in [0.25, 0.3) is 0 Å². The van der Waals surface area contributed by atoms with Crippen LogP contribution in [0.5, 0.6) is 0 Å². The Labute approximate surface area is 165 Å². The molecule has 1 saturated heterocycles. The minimum absolute atomic E-state index is 0. The molecule has 1 unspecified atom stereocenters. The Hall–Kier alpha value is -1.84. The fraction of sp³-hybridized carbons (Fsp3) is 0.471. The number of carbonyl (C=O) groups is 2. The van der Waals surface area contributed by atoms with Crippen molar-refractivity contribution in [3.8, 4) is 0 Å². The maximum atomic E-state index is 11.5. The van der Waals surface area contributed by atoms with Gasteiger partial charge in [0.2, 0.25) is 5.91 Å². The second-order valence-corrected chi connectivity index (χ2v) is 5.66. The Morgan fingerprint density at radius 1 is 1.32 bits per heavy atom. The van der Waals surface area contributed by atoms with Crippen molar-refractivity contribution >= 4 is 41.9 Å². The number of urea groups is 1. The highest BCUT2D eigenvalue weighted by atomic mass is 127. The summed E-state index contributed by atoms with van der Waals surface area (Å²) < 4.78 is 0. The number of hydrogen-bond donors (Lipinski definition) is 3. The van der Waals surface area contributed by atoms with Gasteiger partial charge in [0.1, 0.15) is 0 Å². The minimum Gasteiger partial charge on any atom is -0.355 e. The molecule has 0 aromatic heterocycles. The molecule has 1 aromatic carbocycles. The summed E-state index contributed by atoms with van der Waals surface area (Å²) in [5, 5.41) is 8.93. The van der Waals surface area contributed by atoms with Crippen molar-refractivity contribution in [1.29, 1.82) is 0 Å².